The van der Waals surface area contributed by atoms with Gasteiger partial charge < -0.3 is 10.6 Å². The minimum atomic E-state index is 0.602. The molecule has 3 rings (SSSR count). The quantitative estimate of drug-likeness (QED) is 0.863. The second-order valence-corrected chi connectivity index (χ2v) is 5.61. The molecule has 1 fully saturated rings. The highest BCUT2D eigenvalue weighted by molar-refractivity contribution is 5.41. The predicted molar refractivity (Wildman–Crippen MR) is 74.1 cm³/mol. The van der Waals surface area contributed by atoms with Crippen LogP contribution in [0.5, 0.6) is 0 Å². The smallest absolute Gasteiger partial charge is 0.124 e. The molecular formula is C14H24N4. The van der Waals surface area contributed by atoms with Crippen LogP contribution in [-0.2, 0) is 0 Å². The van der Waals surface area contributed by atoms with Gasteiger partial charge in [-0.3, -0.25) is 0 Å². The van der Waals surface area contributed by atoms with Crippen LogP contribution in [0.3, 0.4) is 0 Å². The Labute approximate surface area is 109 Å². The fraction of sp³-hybridized carbons (Fsp3) is 0.786. The fourth-order valence-electron chi connectivity index (χ4n) is 3.38. The summed E-state index contributed by atoms with van der Waals surface area (Å²) in [6, 6.07) is 2.88. The number of hydrogen-bond donors (Lipinski definition) is 2. The largest absolute Gasteiger partial charge is 0.370 e. The Morgan fingerprint density at radius 1 is 1.39 bits per heavy atom. The molecule has 100 valence electrons. The molecule has 2 N–H and O–H groups in total. The number of rotatable bonds is 3. The van der Waals surface area contributed by atoms with Crippen LogP contribution in [0.2, 0.25) is 0 Å². The van der Waals surface area contributed by atoms with Crippen molar-refractivity contribution in [3.8, 4) is 0 Å². The van der Waals surface area contributed by atoms with Crippen molar-refractivity contribution < 1.29 is 0 Å². The highest BCUT2D eigenvalue weighted by atomic mass is 15.4. The van der Waals surface area contributed by atoms with E-state index in [1.54, 1.807) is 0 Å². The van der Waals surface area contributed by atoms with E-state index in [9.17, 15) is 0 Å². The minimum Gasteiger partial charge on any atom is -0.370 e. The third kappa shape index (κ3) is 1.92. The summed E-state index contributed by atoms with van der Waals surface area (Å²) in [5.74, 6) is 2.55. The number of anilines is 1. The number of nitrogens with zero attached hydrogens (tertiary/aromatic N) is 2. The molecule has 0 amide bonds. The van der Waals surface area contributed by atoms with Gasteiger partial charge in [0.15, 0.2) is 0 Å². The van der Waals surface area contributed by atoms with E-state index in [1.165, 1.54) is 30.8 Å². The molecule has 1 aromatic rings. The summed E-state index contributed by atoms with van der Waals surface area (Å²) in [6.45, 7) is 7.85. The van der Waals surface area contributed by atoms with Crippen molar-refractivity contribution in [3.63, 3.8) is 0 Å². The first-order chi connectivity index (χ1) is 8.83. The van der Waals surface area contributed by atoms with Gasteiger partial charge in [0.25, 0.3) is 0 Å². The average Bonchev–Trinajstić information content (AvgIpc) is 2.84. The van der Waals surface area contributed by atoms with Crippen LogP contribution in [0.1, 0.15) is 50.8 Å². The first-order valence-electron chi connectivity index (χ1n) is 7.37. The highest BCUT2D eigenvalue weighted by Gasteiger charge is 2.32. The fourth-order valence-corrected chi connectivity index (χ4v) is 3.38. The van der Waals surface area contributed by atoms with Crippen LogP contribution in [0.15, 0.2) is 6.07 Å². The van der Waals surface area contributed by atoms with E-state index in [0.29, 0.717) is 17.9 Å². The SMILES string of the molecule is CCC(CC)c1cc2n(n1)C1CCNCC1CN2. The van der Waals surface area contributed by atoms with Crippen LogP contribution in [0.25, 0.3) is 0 Å². The van der Waals surface area contributed by atoms with E-state index >= 15 is 0 Å². The molecule has 2 aliphatic heterocycles. The molecule has 0 spiro atoms. The van der Waals surface area contributed by atoms with E-state index in [4.69, 9.17) is 5.10 Å². The highest BCUT2D eigenvalue weighted by Crippen LogP contribution is 2.34. The van der Waals surface area contributed by atoms with E-state index in [-0.39, 0.29) is 0 Å². The molecule has 2 unspecified atom stereocenters. The monoisotopic (exact) mass is 248 g/mol. The zero-order valence-corrected chi connectivity index (χ0v) is 11.4. The molecule has 0 aromatic carbocycles. The second-order valence-electron chi connectivity index (χ2n) is 5.61. The Kier molecular flexibility index (Phi) is 3.29. The number of fused-ring (bicyclic) bond motifs is 3. The normalized spacial score (nSPS) is 26.6. The summed E-state index contributed by atoms with van der Waals surface area (Å²) in [5, 5.41) is 11.9. The van der Waals surface area contributed by atoms with Crippen LogP contribution < -0.4 is 10.6 Å². The average molecular weight is 248 g/mol. The number of hydrogen-bond acceptors (Lipinski definition) is 3. The Hall–Kier alpha value is -1.03. The Morgan fingerprint density at radius 2 is 2.22 bits per heavy atom. The molecule has 4 nitrogen and oxygen atoms in total. The van der Waals surface area contributed by atoms with Crippen molar-refractivity contribution >= 4 is 5.82 Å². The topological polar surface area (TPSA) is 41.9 Å². The molecule has 1 saturated heterocycles. The maximum absolute atomic E-state index is 4.90. The first kappa shape index (κ1) is 12.0. The van der Waals surface area contributed by atoms with Gasteiger partial charge in [-0.05, 0) is 25.8 Å². The summed E-state index contributed by atoms with van der Waals surface area (Å²) in [5.41, 5.74) is 1.28. The van der Waals surface area contributed by atoms with Gasteiger partial charge in [0, 0.05) is 31.0 Å². The van der Waals surface area contributed by atoms with Crippen molar-refractivity contribution in [2.75, 3.05) is 25.0 Å². The van der Waals surface area contributed by atoms with E-state index in [0.717, 1.165) is 19.6 Å². The molecule has 0 radical (unpaired) electrons. The summed E-state index contributed by atoms with van der Waals surface area (Å²) in [7, 11) is 0. The van der Waals surface area contributed by atoms with Gasteiger partial charge in [-0.1, -0.05) is 13.8 Å². The summed E-state index contributed by atoms with van der Waals surface area (Å²) in [4.78, 5) is 0. The lowest BCUT2D eigenvalue weighted by Crippen LogP contribution is -2.44. The first-order valence-corrected chi connectivity index (χ1v) is 7.37. The molecule has 18 heavy (non-hydrogen) atoms. The zero-order chi connectivity index (χ0) is 12.5. The molecule has 0 bridgehead atoms. The van der Waals surface area contributed by atoms with Crippen molar-refractivity contribution in [1.82, 2.24) is 15.1 Å². The Balaban J connectivity index is 1.89. The van der Waals surface area contributed by atoms with E-state index < -0.39 is 0 Å². The molecule has 4 heteroatoms. The molecule has 0 saturated carbocycles. The minimum absolute atomic E-state index is 0.602. The molecule has 2 aliphatic rings. The molecule has 3 heterocycles. The lowest BCUT2D eigenvalue weighted by atomic mass is 9.92. The van der Waals surface area contributed by atoms with Gasteiger partial charge >= 0.3 is 0 Å². The molecular weight excluding hydrogens is 224 g/mol. The van der Waals surface area contributed by atoms with Crippen molar-refractivity contribution in [1.29, 1.82) is 0 Å². The lowest BCUT2D eigenvalue weighted by Gasteiger charge is -2.37. The number of aromatic nitrogens is 2. The number of piperidine rings is 1. The molecule has 1 aromatic heterocycles. The van der Waals surface area contributed by atoms with E-state index in [2.05, 4.69) is 35.2 Å². The lowest BCUT2D eigenvalue weighted by molar-refractivity contribution is 0.236. The van der Waals surface area contributed by atoms with Crippen LogP contribution in [-0.4, -0.2) is 29.4 Å². The van der Waals surface area contributed by atoms with Crippen molar-refractivity contribution in [2.45, 2.75) is 45.1 Å². The maximum Gasteiger partial charge on any atom is 0.124 e. The van der Waals surface area contributed by atoms with Gasteiger partial charge in [0.2, 0.25) is 0 Å². The van der Waals surface area contributed by atoms with Crippen molar-refractivity contribution in [3.05, 3.63) is 11.8 Å². The predicted octanol–water partition coefficient (Wildman–Crippen LogP) is 2.36. The third-order valence-electron chi connectivity index (χ3n) is 4.59. The summed E-state index contributed by atoms with van der Waals surface area (Å²) >= 11 is 0. The van der Waals surface area contributed by atoms with Gasteiger partial charge in [0.05, 0.1) is 11.7 Å². The van der Waals surface area contributed by atoms with Crippen LogP contribution >= 0.6 is 0 Å². The van der Waals surface area contributed by atoms with Gasteiger partial charge in [-0.2, -0.15) is 5.10 Å². The molecule has 0 aliphatic carbocycles. The standard InChI is InChI=1S/C14H24N4/c1-3-10(4-2)12-7-14-16-9-11-8-15-6-5-13(11)18(14)17-12/h7,10-11,13,15-16H,3-6,8-9H2,1-2H3. The van der Waals surface area contributed by atoms with Crippen LogP contribution in [0.4, 0.5) is 5.82 Å². The van der Waals surface area contributed by atoms with Crippen LogP contribution in [0, 0.1) is 5.92 Å². The summed E-state index contributed by atoms with van der Waals surface area (Å²) in [6.07, 6.45) is 3.58. The Morgan fingerprint density at radius 3 is 3.00 bits per heavy atom. The third-order valence-corrected chi connectivity index (χ3v) is 4.59. The zero-order valence-electron chi connectivity index (χ0n) is 11.4. The van der Waals surface area contributed by atoms with Gasteiger partial charge in [0.1, 0.15) is 5.82 Å². The van der Waals surface area contributed by atoms with Gasteiger partial charge in [-0.25, -0.2) is 4.68 Å². The second kappa shape index (κ2) is 4.92. The van der Waals surface area contributed by atoms with E-state index in [1.807, 2.05) is 0 Å². The maximum atomic E-state index is 4.90. The van der Waals surface area contributed by atoms with Gasteiger partial charge in [-0.15, -0.1) is 0 Å². The van der Waals surface area contributed by atoms with Crippen molar-refractivity contribution in [2.24, 2.45) is 5.92 Å². The Bertz CT molecular complexity index is 408. The molecule has 2 atom stereocenters. The number of nitrogens with one attached hydrogen (secondary N) is 2. The summed E-state index contributed by atoms with van der Waals surface area (Å²) < 4.78 is 2.27.